The average molecular weight is 485 g/mol. The topological polar surface area (TPSA) is 76.0 Å². The first-order valence-electron chi connectivity index (χ1n) is 9.68. The predicted octanol–water partition coefficient (Wildman–Crippen LogP) is 3.74. The van der Waals surface area contributed by atoms with E-state index in [9.17, 15) is 26.4 Å². The van der Waals surface area contributed by atoms with E-state index >= 15 is 0 Å². The number of halogens is 3. The number of ether oxygens (including phenoxy) is 1. The van der Waals surface area contributed by atoms with Gasteiger partial charge in [0.1, 0.15) is 5.75 Å². The van der Waals surface area contributed by atoms with Crippen molar-refractivity contribution in [1.29, 1.82) is 0 Å². The summed E-state index contributed by atoms with van der Waals surface area (Å²) >= 11 is 1.21. The lowest BCUT2D eigenvalue weighted by Gasteiger charge is -2.24. The highest BCUT2D eigenvalue weighted by molar-refractivity contribution is 8.16. The summed E-state index contributed by atoms with van der Waals surface area (Å²) in [6.45, 7) is 1.92. The summed E-state index contributed by atoms with van der Waals surface area (Å²) in [4.78, 5) is 18.5. The molecule has 32 heavy (non-hydrogen) atoms. The van der Waals surface area contributed by atoms with Gasteiger partial charge in [0.25, 0.3) is 5.91 Å². The highest BCUT2D eigenvalue weighted by atomic mass is 32.2. The Kier molecular flexibility index (Phi) is 5.97. The number of hydrogen-bond acceptors (Lipinski definition) is 5. The molecule has 4 rings (SSSR count). The van der Waals surface area contributed by atoms with Crippen molar-refractivity contribution in [2.24, 2.45) is 4.99 Å². The van der Waals surface area contributed by atoms with Crippen molar-refractivity contribution in [3.63, 3.8) is 0 Å². The van der Waals surface area contributed by atoms with Crippen LogP contribution >= 0.6 is 11.8 Å². The molecular weight excluding hydrogens is 465 g/mol. The van der Waals surface area contributed by atoms with Crippen LogP contribution in [0.25, 0.3) is 0 Å². The van der Waals surface area contributed by atoms with Crippen molar-refractivity contribution >= 4 is 38.4 Å². The fourth-order valence-electron chi connectivity index (χ4n) is 3.82. The maximum atomic E-state index is 12.6. The van der Waals surface area contributed by atoms with Gasteiger partial charge in [-0.05, 0) is 36.8 Å². The Morgan fingerprint density at radius 2 is 1.91 bits per heavy atom. The third-order valence-electron chi connectivity index (χ3n) is 5.07. The van der Waals surface area contributed by atoms with Crippen molar-refractivity contribution < 1.29 is 31.1 Å². The minimum Gasteiger partial charge on any atom is -0.406 e. The van der Waals surface area contributed by atoms with Crippen LogP contribution in [-0.2, 0) is 21.1 Å². The first-order valence-corrected chi connectivity index (χ1v) is 12.4. The summed E-state index contributed by atoms with van der Waals surface area (Å²) < 4.78 is 65.5. The molecule has 2 aliphatic rings. The van der Waals surface area contributed by atoms with E-state index in [1.54, 1.807) is 4.90 Å². The van der Waals surface area contributed by atoms with Gasteiger partial charge in [-0.1, -0.05) is 41.6 Å². The first kappa shape index (κ1) is 22.7. The zero-order chi connectivity index (χ0) is 23.1. The SMILES string of the molecule is Cc1cccc(CC(=O)N=C2S[C@H]3CS(=O)(=O)C[C@@H]3N2c2ccc(OC(F)(F)F)cc2)c1. The smallest absolute Gasteiger partial charge is 0.406 e. The van der Waals surface area contributed by atoms with Crippen molar-refractivity contribution in [3.05, 3.63) is 59.7 Å². The summed E-state index contributed by atoms with van der Waals surface area (Å²) in [5, 5.41) is 0.0358. The van der Waals surface area contributed by atoms with Gasteiger partial charge in [0, 0.05) is 10.9 Å². The fraction of sp³-hybridized carbons (Fsp3) is 0.333. The molecule has 6 nitrogen and oxygen atoms in total. The number of fused-ring (bicyclic) bond motifs is 1. The number of amidine groups is 1. The highest BCUT2D eigenvalue weighted by Crippen LogP contribution is 2.41. The monoisotopic (exact) mass is 484 g/mol. The molecule has 2 fully saturated rings. The lowest BCUT2D eigenvalue weighted by Crippen LogP contribution is -2.37. The van der Waals surface area contributed by atoms with Crippen LogP contribution in [0.15, 0.2) is 53.5 Å². The lowest BCUT2D eigenvalue weighted by molar-refractivity contribution is -0.274. The summed E-state index contributed by atoms with van der Waals surface area (Å²) in [6, 6.07) is 12.1. The van der Waals surface area contributed by atoms with E-state index in [0.29, 0.717) is 10.9 Å². The second-order valence-corrected chi connectivity index (χ2v) is 11.0. The Balaban J connectivity index is 1.61. The third kappa shape index (κ3) is 5.26. The molecule has 0 spiro atoms. The number of thioether (sulfide) groups is 1. The first-order chi connectivity index (χ1) is 15.0. The highest BCUT2D eigenvalue weighted by Gasteiger charge is 2.49. The number of carbonyl (C=O) groups is 1. The van der Waals surface area contributed by atoms with E-state index in [1.807, 2.05) is 31.2 Å². The normalized spacial score (nSPS) is 23.4. The van der Waals surface area contributed by atoms with Gasteiger partial charge in [-0.25, -0.2) is 8.42 Å². The molecule has 170 valence electrons. The number of rotatable bonds is 4. The number of aliphatic imine (C=N–C) groups is 1. The maximum Gasteiger partial charge on any atom is 0.573 e. The third-order valence-corrected chi connectivity index (χ3v) is 8.28. The second kappa shape index (κ2) is 8.43. The molecule has 0 unspecified atom stereocenters. The molecule has 1 amide bonds. The van der Waals surface area contributed by atoms with Crippen LogP contribution < -0.4 is 9.64 Å². The Morgan fingerprint density at radius 1 is 1.19 bits per heavy atom. The molecule has 2 aromatic rings. The number of amides is 1. The summed E-state index contributed by atoms with van der Waals surface area (Å²) in [5.74, 6) is -0.934. The summed E-state index contributed by atoms with van der Waals surface area (Å²) in [6.07, 6.45) is -4.73. The number of aryl methyl sites for hydroxylation is 1. The zero-order valence-corrected chi connectivity index (χ0v) is 18.5. The van der Waals surface area contributed by atoms with Gasteiger partial charge in [-0.2, -0.15) is 4.99 Å². The van der Waals surface area contributed by atoms with E-state index in [-0.39, 0.29) is 29.1 Å². The van der Waals surface area contributed by atoms with Gasteiger partial charge in [0.15, 0.2) is 15.0 Å². The Labute approximate surface area is 187 Å². The van der Waals surface area contributed by atoms with Gasteiger partial charge in [0.05, 0.1) is 24.0 Å². The van der Waals surface area contributed by atoms with Gasteiger partial charge >= 0.3 is 6.36 Å². The molecule has 2 aliphatic heterocycles. The molecule has 0 aromatic heterocycles. The molecule has 0 N–H and O–H groups in total. The molecule has 0 radical (unpaired) electrons. The standard InChI is InChI=1S/C21H19F3N2O4S2/c1-13-3-2-4-14(9-13)10-19(27)25-20-26(17-11-32(28,29)12-18(17)31-20)15-5-7-16(8-6-15)30-21(22,23)24/h2-9,17-18H,10-12H2,1H3/t17-,18-/m0/s1. The molecule has 2 aromatic carbocycles. The van der Waals surface area contributed by atoms with Crippen LogP contribution in [-0.4, -0.2) is 48.7 Å². The number of sulfone groups is 1. The van der Waals surface area contributed by atoms with Gasteiger partial charge in [-0.15, -0.1) is 13.2 Å². The number of hydrogen-bond donors (Lipinski definition) is 0. The average Bonchev–Trinajstić information content (AvgIpc) is 3.12. The molecule has 0 bridgehead atoms. The van der Waals surface area contributed by atoms with E-state index in [4.69, 9.17) is 0 Å². The van der Waals surface area contributed by atoms with Crippen LogP contribution in [0.3, 0.4) is 0 Å². The fourth-order valence-corrected chi connectivity index (χ4v) is 7.75. The molecule has 2 saturated heterocycles. The van der Waals surface area contributed by atoms with Crippen LogP contribution in [0.1, 0.15) is 11.1 Å². The van der Waals surface area contributed by atoms with Gasteiger partial charge in [0.2, 0.25) is 0 Å². The number of carbonyl (C=O) groups excluding carboxylic acids is 1. The maximum absolute atomic E-state index is 12.6. The number of benzene rings is 2. The number of alkyl halides is 3. The van der Waals surface area contributed by atoms with Crippen molar-refractivity contribution in [2.45, 2.75) is 31.0 Å². The Morgan fingerprint density at radius 3 is 2.56 bits per heavy atom. The lowest BCUT2D eigenvalue weighted by atomic mass is 10.1. The molecule has 0 saturated carbocycles. The largest absolute Gasteiger partial charge is 0.573 e. The minimum atomic E-state index is -4.82. The van der Waals surface area contributed by atoms with Crippen molar-refractivity contribution in [1.82, 2.24) is 0 Å². The van der Waals surface area contributed by atoms with E-state index < -0.39 is 28.0 Å². The van der Waals surface area contributed by atoms with Crippen LogP contribution in [0.5, 0.6) is 5.75 Å². The van der Waals surface area contributed by atoms with E-state index in [2.05, 4.69) is 9.73 Å². The number of nitrogens with zero attached hydrogens (tertiary/aromatic N) is 2. The molecule has 0 aliphatic carbocycles. The van der Waals surface area contributed by atoms with Gasteiger partial charge in [-0.3, -0.25) is 4.79 Å². The Hall–Kier alpha value is -2.53. The number of anilines is 1. The molecule has 11 heteroatoms. The van der Waals surface area contributed by atoms with Crippen LogP contribution in [0, 0.1) is 6.92 Å². The summed E-state index contributed by atoms with van der Waals surface area (Å²) in [7, 11) is -3.26. The van der Waals surface area contributed by atoms with E-state index in [0.717, 1.165) is 23.3 Å². The zero-order valence-electron chi connectivity index (χ0n) is 16.9. The van der Waals surface area contributed by atoms with Crippen LogP contribution in [0.2, 0.25) is 0 Å². The van der Waals surface area contributed by atoms with Crippen molar-refractivity contribution in [2.75, 3.05) is 16.4 Å². The van der Waals surface area contributed by atoms with Gasteiger partial charge < -0.3 is 9.64 Å². The van der Waals surface area contributed by atoms with E-state index in [1.165, 1.54) is 23.9 Å². The Bertz CT molecular complexity index is 1160. The minimum absolute atomic E-state index is 0.0425. The second-order valence-electron chi connectivity index (χ2n) is 7.67. The van der Waals surface area contributed by atoms with Crippen LogP contribution in [0.4, 0.5) is 18.9 Å². The molecular formula is C21H19F3N2O4S2. The quantitative estimate of drug-likeness (QED) is 0.658. The predicted molar refractivity (Wildman–Crippen MR) is 117 cm³/mol. The summed E-state index contributed by atoms with van der Waals surface area (Å²) in [5.41, 5.74) is 2.27. The molecule has 2 heterocycles. The van der Waals surface area contributed by atoms with Crippen molar-refractivity contribution in [3.8, 4) is 5.75 Å². The molecule has 2 atom stereocenters.